The molecule has 0 aliphatic rings. The molecule has 0 unspecified atom stereocenters. The van der Waals surface area contributed by atoms with Crippen molar-refractivity contribution in [1.29, 1.82) is 0 Å². The second-order valence-corrected chi connectivity index (χ2v) is 3.45. The quantitative estimate of drug-likeness (QED) is 0.621. The van der Waals surface area contributed by atoms with E-state index in [0.29, 0.717) is 5.69 Å². The van der Waals surface area contributed by atoms with Crippen LogP contribution in [0.2, 0.25) is 0 Å². The van der Waals surface area contributed by atoms with Crippen LogP contribution in [0.3, 0.4) is 0 Å². The van der Waals surface area contributed by atoms with Gasteiger partial charge in [-0.1, -0.05) is 6.07 Å². The van der Waals surface area contributed by atoms with Crippen molar-refractivity contribution >= 4 is 5.65 Å². The molecule has 0 radical (unpaired) electrons. The van der Waals surface area contributed by atoms with E-state index in [0.717, 1.165) is 11.3 Å². The second kappa shape index (κ2) is 3.41. The lowest BCUT2D eigenvalue weighted by molar-refractivity contribution is 0.622. The normalized spacial score (nSPS) is 10.8. The molecule has 3 nitrogen and oxygen atoms in total. The lowest BCUT2D eigenvalue weighted by atomic mass is 10.3. The smallest absolute Gasteiger partial charge is 0.141 e. The van der Waals surface area contributed by atoms with Gasteiger partial charge in [0.1, 0.15) is 17.2 Å². The van der Waals surface area contributed by atoms with Crippen LogP contribution in [0, 0.1) is 5.82 Å². The standard InChI is InChI=1S/C12H8FN3/c13-9-4-5-10(14-7-9)11-8-16-6-2-1-3-12(16)15-11/h1-8H. The molecule has 16 heavy (non-hydrogen) atoms. The van der Waals surface area contributed by atoms with Gasteiger partial charge in [-0.3, -0.25) is 4.98 Å². The molecule has 0 fully saturated rings. The Labute approximate surface area is 91.2 Å². The number of imidazole rings is 1. The Morgan fingerprint density at radius 1 is 1.06 bits per heavy atom. The number of rotatable bonds is 1. The molecular formula is C12H8FN3. The van der Waals surface area contributed by atoms with Crippen molar-refractivity contribution in [2.75, 3.05) is 0 Å². The van der Waals surface area contributed by atoms with Gasteiger partial charge in [0.25, 0.3) is 0 Å². The van der Waals surface area contributed by atoms with Crippen LogP contribution in [0.4, 0.5) is 4.39 Å². The number of fused-ring (bicyclic) bond motifs is 1. The molecular weight excluding hydrogens is 205 g/mol. The zero-order valence-corrected chi connectivity index (χ0v) is 8.34. The first-order valence-electron chi connectivity index (χ1n) is 4.88. The second-order valence-electron chi connectivity index (χ2n) is 3.45. The van der Waals surface area contributed by atoms with E-state index >= 15 is 0 Å². The van der Waals surface area contributed by atoms with Crippen molar-refractivity contribution in [1.82, 2.24) is 14.4 Å². The maximum absolute atomic E-state index is 12.7. The Balaban J connectivity index is 2.15. The molecule has 0 bridgehead atoms. The lowest BCUT2D eigenvalue weighted by Gasteiger charge is -1.93. The van der Waals surface area contributed by atoms with Crippen molar-refractivity contribution in [3.63, 3.8) is 0 Å². The number of nitrogens with zero attached hydrogens (tertiary/aromatic N) is 3. The van der Waals surface area contributed by atoms with Crippen LogP contribution in [0.1, 0.15) is 0 Å². The molecule has 0 saturated carbocycles. The molecule has 0 aromatic carbocycles. The van der Waals surface area contributed by atoms with Crippen LogP contribution < -0.4 is 0 Å². The predicted octanol–water partition coefficient (Wildman–Crippen LogP) is 2.54. The fraction of sp³-hybridized carbons (Fsp3) is 0. The minimum atomic E-state index is -0.340. The molecule has 0 amide bonds. The Kier molecular flexibility index (Phi) is 1.93. The molecule has 0 aliphatic heterocycles. The molecule has 3 heterocycles. The molecule has 78 valence electrons. The van der Waals surface area contributed by atoms with E-state index in [9.17, 15) is 4.39 Å². The van der Waals surface area contributed by atoms with E-state index in [1.54, 1.807) is 6.07 Å². The SMILES string of the molecule is Fc1ccc(-c2cn3ccccc3n2)nc1. The Bertz CT molecular complexity index is 595. The molecule has 0 atom stereocenters. The topological polar surface area (TPSA) is 30.2 Å². The highest BCUT2D eigenvalue weighted by atomic mass is 19.1. The van der Waals surface area contributed by atoms with Crippen LogP contribution >= 0.6 is 0 Å². The summed E-state index contributed by atoms with van der Waals surface area (Å²) in [5.41, 5.74) is 2.26. The maximum Gasteiger partial charge on any atom is 0.141 e. The van der Waals surface area contributed by atoms with Crippen molar-refractivity contribution in [3.05, 3.63) is 54.7 Å². The fourth-order valence-corrected chi connectivity index (χ4v) is 1.59. The van der Waals surface area contributed by atoms with Gasteiger partial charge in [0.15, 0.2) is 0 Å². The highest BCUT2D eigenvalue weighted by Crippen LogP contribution is 2.16. The van der Waals surface area contributed by atoms with Gasteiger partial charge < -0.3 is 4.40 Å². The van der Waals surface area contributed by atoms with E-state index in [1.165, 1.54) is 12.3 Å². The highest BCUT2D eigenvalue weighted by Gasteiger charge is 2.04. The third-order valence-electron chi connectivity index (χ3n) is 2.35. The summed E-state index contributed by atoms with van der Waals surface area (Å²) >= 11 is 0. The van der Waals surface area contributed by atoms with Crippen LogP contribution in [-0.2, 0) is 0 Å². The molecule has 0 spiro atoms. The molecule has 3 rings (SSSR count). The number of pyridine rings is 2. The number of hydrogen-bond acceptors (Lipinski definition) is 2. The van der Waals surface area contributed by atoms with E-state index in [2.05, 4.69) is 9.97 Å². The minimum Gasteiger partial charge on any atom is -0.306 e. The van der Waals surface area contributed by atoms with E-state index < -0.39 is 0 Å². The largest absolute Gasteiger partial charge is 0.306 e. The zero-order valence-electron chi connectivity index (χ0n) is 8.34. The average Bonchev–Trinajstić information content (AvgIpc) is 2.73. The first-order chi connectivity index (χ1) is 7.83. The third-order valence-corrected chi connectivity index (χ3v) is 2.35. The van der Waals surface area contributed by atoms with Crippen molar-refractivity contribution < 1.29 is 4.39 Å². The van der Waals surface area contributed by atoms with Gasteiger partial charge in [-0.15, -0.1) is 0 Å². The Morgan fingerprint density at radius 3 is 2.75 bits per heavy atom. The van der Waals surface area contributed by atoms with E-state index in [-0.39, 0.29) is 5.82 Å². The van der Waals surface area contributed by atoms with E-state index in [4.69, 9.17) is 0 Å². The summed E-state index contributed by atoms with van der Waals surface area (Å²) in [4.78, 5) is 8.38. The van der Waals surface area contributed by atoms with Crippen molar-refractivity contribution in [2.24, 2.45) is 0 Å². The average molecular weight is 213 g/mol. The van der Waals surface area contributed by atoms with Crippen molar-refractivity contribution in [2.45, 2.75) is 0 Å². The summed E-state index contributed by atoms with van der Waals surface area (Å²) < 4.78 is 14.6. The number of halogens is 1. The summed E-state index contributed by atoms with van der Waals surface area (Å²) in [5.74, 6) is -0.340. The monoisotopic (exact) mass is 213 g/mol. The van der Waals surface area contributed by atoms with E-state index in [1.807, 2.05) is 35.0 Å². The molecule has 3 aromatic rings. The summed E-state index contributed by atoms with van der Waals surface area (Å²) in [6.07, 6.45) is 4.98. The van der Waals surface area contributed by atoms with Crippen molar-refractivity contribution in [3.8, 4) is 11.4 Å². The molecule has 0 N–H and O–H groups in total. The minimum absolute atomic E-state index is 0.340. The summed E-state index contributed by atoms with van der Waals surface area (Å²) in [6.45, 7) is 0. The maximum atomic E-state index is 12.7. The van der Waals surface area contributed by atoms with Gasteiger partial charge in [-0.05, 0) is 24.3 Å². The lowest BCUT2D eigenvalue weighted by Crippen LogP contribution is -1.83. The van der Waals surface area contributed by atoms with Gasteiger partial charge in [0, 0.05) is 12.4 Å². The molecule has 3 aromatic heterocycles. The van der Waals surface area contributed by atoms with Crippen LogP contribution in [0.25, 0.3) is 17.0 Å². The number of hydrogen-bond donors (Lipinski definition) is 0. The molecule has 0 aliphatic carbocycles. The highest BCUT2D eigenvalue weighted by molar-refractivity contribution is 5.58. The van der Waals surface area contributed by atoms with Gasteiger partial charge in [0.2, 0.25) is 0 Å². The van der Waals surface area contributed by atoms with Crippen LogP contribution in [0.5, 0.6) is 0 Å². The van der Waals surface area contributed by atoms with Crippen LogP contribution in [0.15, 0.2) is 48.9 Å². The molecule has 0 saturated heterocycles. The fourth-order valence-electron chi connectivity index (χ4n) is 1.59. The molecule has 4 heteroatoms. The zero-order chi connectivity index (χ0) is 11.0. The van der Waals surface area contributed by atoms with Gasteiger partial charge in [-0.2, -0.15) is 0 Å². The Hall–Kier alpha value is -2.23. The first-order valence-corrected chi connectivity index (χ1v) is 4.88. The van der Waals surface area contributed by atoms with Gasteiger partial charge in [-0.25, -0.2) is 9.37 Å². The first kappa shape index (κ1) is 9.03. The summed E-state index contributed by atoms with van der Waals surface area (Å²) in [5, 5.41) is 0. The van der Waals surface area contributed by atoms with Gasteiger partial charge in [0.05, 0.1) is 11.9 Å². The summed E-state index contributed by atoms with van der Waals surface area (Å²) in [7, 11) is 0. The number of aromatic nitrogens is 3. The Morgan fingerprint density at radius 2 is 2.00 bits per heavy atom. The summed E-state index contributed by atoms with van der Waals surface area (Å²) in [6, 6.07) is 8.76. The van der Waals surface area contributed by atoms with Gasteiger partial charge >= 0.3 is 0 Å². The van der Waals surface area contributed by atoms with Crippen LogP contribution in [-0.4, -0.2) is 14.4 Å². The predicted molar refractivity (Wildman–Crippen MR) is 58.4 cm³/mol. The third kappa shape index (κ3) is 1.44.